The van der Waals surface area contributed by atoms with Gasteiger partial charge in [0.15, 0.2) is 0 Å². The summed E-state index contributed by atoms with van der Waals surface area (Å²) in [5.74, 6) is 0.174. The molecule has 1 amide bonds. The Morgan fingerprint density at radius 3 is 2.62 bits per heavy atom. The standard InChI is InChI=1S/C11H14BrNO3/c1-11(2,13-10(15)16)6-7-3-4-9(14)8(12)5-7/h3-5,13-14H,6H2,1-2H3,(H,15,16). The second kappa shape index (κ2) is 4.74. The summed E-state index contributed by atoms with van der Waals surface area (Å²) in [6, 6.07) is 5.13. The molecule has 0 aromatic heterocycles. The largest absolute Gasteiger partial charge is 0.507 e. The molecule has 0 atom stereocenters. The maximum absolute atomic E-state index is 10.6. The summed E-state index contributed by atoms with van der Waals surface area (Å²) in [6.45, 7) is 3.61. The maximum atomic E-state index is 10.6. The van der Waals surface area contributed by atoms with E-state index in [1.54, 1.807) is 18.2 Å². The van der Waals surface area contributed by atoms with Gasteiger partial charge >= 0.3 is 6.09 Å². The third-order valence-corrected chi connectivity index (χ3v) is 2.74. The SMILES string of the molecule is CC(C)(Cc1ccc(O)c(Br)c1)NC(=O)O. The number of phenols is 1. The zero-order valence-corrected chi connectivity index (χ0v) is 10.7. The van der Waals surface area contributed by atoms with Gasteiger partial charge in [0.1, 0.15) is 5.75 Å². The van der Waals surface area contributed by atoms with Gasteiger partial charge in [-0.05, 0) is 53.9 Å². The van der Waals surface area contributed by atoms with Crippen LogP contribution in [0.25, 0.3) is 0 Å². The third-order valence-electron chi connectivity index (χ3n) is 2.10. The Morgan fingerprint density at radius 2 is 2.12 bits per heavy atom. The quantitative estimate of drug-likeness (QED) is 0.801. The Morgan fingerprint density at radius 1 is 1.50 bits per heavy atom. The van der Waals surface area contributed by atoms with Gasteiger partial charge in [0.05, 0.1) is 4.47 Å². The van der Waals surface area contributed by atoms with E-state index in [0.29, 0.717) is 10.9 Å². The number of halogens is 1. The van der Waals surface area contributed by atoms with Gasteiger partial charge in [-0.25, -0.2) is 4.79 Å². The van der Waals surface area contributed by atoms with E-state index in [0.717, 1.165) is 5.56 Å². The number of carbonyl (C=O) groups is 1. The molecule has 0 radical (unpaired) electrons. The van der Waals surface area contributed by atoms with Gasteiger partial charge in [0.25, 0.3) is 0 Å². The molecular formula is C11H14BrNO3. The molecule has 1 rings (SSSR count). The molecule has 0 saturated carbocycles. The summed E-state index contributed by atoms with van der Waals surface area (Å²) in [4.78, 5) is 10.6. The van der Waals surface area contributed by atoms with Crippen molar-refractivity contribution >= 4 is 22.0 Å². The van der Waals surface area contributed by atoms with Crippen molar-refractivity contribution in [3.05, 3.63) is 28.2 Å². The number of hydrogen-bond donors (Lipinski definition) is 3. The molecule has 0 saturated heterocycles. The second-order valence-corrected chi connectivity index (χ2v) is 5.13. The number of aromatic hydroxyl groups is 1. The smallest absolute Gasteiger partial charge is 0.405 e. The van der Waals surface area contributed by atoms with E-state index in [2.05, 4.69) is 21.2 Å². The molecule has 0 aliphatic carbocycles. The molecule has 0 spiro atoms. The van der Waals surface area contributed by atoms with Gasteiger partial charge in [-0.15, -0.1) is 0 Å². The van der Waals surface area contributed by atoms with Crippen molar-refractivity contribution in [2.75, 3.05) is 0 Å². The molecule has 0 bridgehead atoms. The normalized spacial score (nSPS) is 11.2. The minimum atomic E-state index is -1.04. The van der Waals surface area contributed by atoms with Crippen LogP contribution in [-0.2, 0) is 6.42 Å². The summed E-state index contributed by atoms with van der Waals surface area (Å²) >= 11 is 3.22. The zero-order valence-electron chi connectivity index (χ0n) is 9.12. The number of nitrogens with one attached hydrogen (secondary N) is 1. The molecule has 0 fully saturated rings. The average molecular weight is 288 g/mol. The number of benzene rings is 1. The van der Waals surface area contributed by atoms with Crippen molar-refractivity contribution in [2.24, 2.45) is 0 Å². The van der Waals surface area contributed by atoms with Gasteiger partial charge in [-0.1, -0.05) is 6.07 Å². The first-order valence-corrected chi connectivity index (χ1v) is 5.58. The van der Waals surface area contributed by atoms with Gasteiger partial charge in [0, 0.05) is 5.54 Å². The highest BCUT2D eigenvalue weighted by atomic mass is 79.9. The summed E-state index contributed by atoms with van der Waals surface area (Å²) < 4.78 is 0.608. The molecule has 88 valence electrons. The Hall–Kier alpha value is -1.23. The fraction of sp³-hybridized carbons (Fsp3) is 0.364. The maximum Gasteiger partial charge on any atom is 0.405 e. The Kier molecular flexibility index (Phi) is 3.80. The van der Waals surface area contributed by atoms with Gasteiger partial charge < -0.3 is 15.5 Å². The lowest BCUT2D eigenvalue weighted by atomic mass is 9.95. The highest BCUT2D eigenvalue weighted by Crippen LogP contribution is 2.26. The molecule has 0 unspecified atom stereocenters. The van der Waals surface area contributed by atoms with Crippen molar-refractivity contribution in [3.63, 3.8) is 0 Å². The Labute approximate surface area is 102 Å². The molecule has 0 heterocycles. The zero-order chi connectivity index (χ0) is 12.3. The number of rotatable bonds is 3. The van der Waals surface area contributed by atoms with Crippen LogP contribution in [0.2, 0.25) is 0 Å². The lowest BCUT2D eigenvalue weighted by molar-refractivity contribution is 0.182. The van der Waals surface area contributed by atoms with E-state index in [-0.39, 0.29) is 5.75 Å². The predicted molar refractivity (Wildman–Crippen MR) is 64.8 cm³/mol. The highest BCUT2D eigenvalue weighted by molar-refractivity contribution is 9.10. The second-order valence-electron chi connectivity index (χ2n) is 4.28. The molecule has 4 nitrogen and oxygen atoms in total. The van der Waals surface area contributed by atoms with E-state index in [4.69, 9.17) is 5.11 Å². The molecular weight excluding hydrogens is 274 g/mol. The van der Waals surface area contributed by atoms with E-state index < -0.39 is 11.6 Å². The minimum absolute atomic E-state index is 0.174. The third kappa shape index (κ3) is 3.73. The van der Waals surface area contributed by atoms with Gasteiger partial charge in [-0.2, -0.15) is 0 Å². The van der Waals surface area contributed by atoms with E-state index in [1.807, 2.05) is 13.8 Å². The van der Waals surface area contributed by atoms with Crippen molar-refractivity contribution in [2.45, 2.75) is 25.8 Å². The first-order chi connectivity index (χ1) is 7.30. The molecule has 5 heteroatoms. The molecule has 0 aliphatic heterocycles. The molecule has 1 aromatic carbocycles. The number of phenolic OH excluding ortho intramolecular Hbond substituents is 1. The van der Waals surface area contributed by atoms with E-state index >= 15 is 0 Å². The van der Waals surface area contributed by atoms with E-state index in [9.17, 15) is 9.90 Å². The van der Waals surface area contributed by atoms with Gasteiger partial charge in [0.2, 0.25) is 0 Å². The van der Waals surface area contributed by atoms with Crippen LogP contribution in [-0.4, -0.2) is 21.8 Å². The Balaban J connectivity index is 2.79. The van der Waals surface area contributed by atoms with E-state index in [1.165, 1.54) is 0 Å². The fourth-order valence-electron chi connectivity index (χ4n) is 1.50. The predicted octanol–water partition coefficient (Wildman–Crippen LogP) is 2.74. The van der Waals surface area contributed by atoms with Crippen LogP contribution in [0.15, 0.2) is 22.7 Å². The summed E-state index contributed by atoms with van der Waals surface area (Å²) in [5.41, 5.74) is 0.408. The first-order valence-electron chi connectivity index (χ1n) is 4.79. The Bertz CT molecular complexity index is 404. The summed E-state index contributed by atoms with van der Waals surface area (Å²) in [6.07, 6.45) is -0.485. The molecule has 0 aliphatic rings. The lowest BCUT2D eigenvalue weighted by Crippen LogP contribution is -2.44. The average Bonchev–Trinajstić information content (AvgIpc) is 2.08. The molecule has 16 heavy (non-hydrogen) atoms. The van der Waals surface area contributed by atoms with Crippen LogP contribution in [0.3, 0.4) is 0 Å². The van der Waals surface area contributed by atoms with Crippen LogP contribution >= 0.6 is 15.9 Å². The summed E-state index contributed by atoms with van der Waals surface area (Å²) in [7, 11) is 0. The molecule has 3 N–H and O–H groups in total. The van der Waals surface area contributed by atoms with Crippen LogP contribution in [0, 0.1) is 0 Å². The van der Waals surface area contributed by atoms with Crippen molar-refractivity contribution in [1.82, 2.24) is 5.32 Å². The van der Waals surface area contributed by atoms with Crippen LogP contribution < -0.4 is 5.32 Å². The van der Waals surface area contributed by atoms with Crippen molar-refractivity contribution in [3.8, 4) is 5.75 Å². The highest BCUT2D eigenvalue weighted by Gasteiger charge is 2.20. The number of hydrogen-bond acceptors (Lipinski definition) is 2. The van der Waals surface area contributed by atoms with Gasteiger partial charge in [-0.3, -0.25) is 0 Å². The monoisotopic (exact) mass is 287 g/mol. The number of amides is 1. The lowest BCUT2D eigenvalue weighted by Gasteiger charge is -2.24. The molecule has 1 aromatic rings. The minimum Gasteiger partial charge on any atom is -0.507 e. The van der Waals surface area contributed by atoms with Crippen molar-refractivity contribution in [1.29, 1.82) is 0 Å². The van der Waals surface area contributed by atoms with Crippen LogP contribution in [0.5, 0.6) is 5.75 Å². The summed E-state index contributed by atoms with van der Waals surface area (Å²) in [5, 5.41) is 20.4. The number of carboxylic acid groups (broad SMARTS) is 1. The van der Waals surface area contributed by atoms with Crippen molar-refractivity contribution < 1.29 is 15.0 Å². The van der Waals surface area contributed by atoms with Crippen LogP contribution in [0.4, 0.5) is 4.79 Å². The topological polar surface area (TPSA) is 69.6 Å². The van der Waals surface area contributed by atoms with Crippen LogP contribution in [0.1, 0.15) is 19.4 Å². The fourth-order valence-corrected chi connectivity index (χ4v) is 1.93. The first kappa shape index (κ1) is 12.8.